The monoisotopic (exact) mass is 709 g/mol. The molecular weight excluding hydrogens is 679 g/mol. The van der Waals surface area contributed by atoms with Crippen LogP contribution in [0.5, 0.6) is 0 Å². The summed E-state index contributed by atoms with van der Waals surface area (Å²) in [6.07, 6.45) is 0. The first-order chi connectivity index (χ1) is 26.8. The van der Waals surface area contributed by atoms with Crippen LogP contribution >= 0.6 is 11.3 Å². The molecule has 4 nitrogen and oxygen atoms in total. The molecule has 0 radical (unpaired) electrons. The molecule has 0 atom stereocenters. The van der Waals surface area contributed by atoms with Gasteiger partial charge in [-0.1, -0.05) is 103 Å². The summed E-state index contributed by atoms with van der Waals surface area (Å²) in [5.74, 6) is 0.635. The Bertz CT molecular complexity index is 3140. The molecule has 3 aromatic heterocycles. The summed E-state index contributed by atoms with van der Waals surface area (Å²) in [4.78, 5) is 7.31. The molecule has 11 aromatic rings. The van der Waals surface area contributed by atoms with Crippen LogP contribution in [0.15, 0.2) is 192 Å². The number of rotatable bonds is 6. The molecule has 0 saturated carbocycles. The Morgan fingerprint density at radius 3 is 1.94 bits per heavy atom. The van der Waals surface area contributed by atoms with Gasteiger partial charge in [0.15, 0.2) is 5.58 Å². The Morgan fingerprint density at radius 1 is 0.481 bits per heavy atom. The molecule has 5 heteroatoms. The number of anilines is 3. The van der Waals surface area contributed by atoms with E-state index >= 15 is 0 Å². The lowest BCUT2D eigenvalue weighted by atomic mass is 10.0. The van der Waals surface area contributed by atoms with Crippen molar-refractivity contribution in [3.8, 4) is 28.3 Å². The predicted octanol–water partition coefficient (Wildman–Crippen LogP) is 14.1. The van der Waals surface area contributed by atoms with Crippen LogP contribution in [0.2, 0.25) is 0 Å². The first-order valence-electron chi connectivity index (χ1n) is 18.1. The van der Waals surface area contributed by atoms with E-state index in [4.69, 9.17) is 9.40 Å². The zero-order valence-electron chi connectivity index (χ0n) is 29.1. The summed E-state index contributed by atoms with van der Waals surface area (Å²) in [7, 11) is 0. The largest absolute Gasteiger partial charge is 0.436 e. The highest BCUT2D eigenvalue weighted by Crippen LogP contribution is 2.47. The van der Waals surface area contributed by atoms with Gasteiger partial charge < -0.3 is 13.9 Å². The van der Waals surface area contributed by atoms with Gasteiger partial charge in [-0.3, -0.25) is 0 Å². The van der Waals surface area contributed by atoms with E-state index in [1.165, 1.54) is 47.7 Å². The summed E-state index contributed by atoms with van der Waals surface area (Å²) in [5, 5.41) is 4.77. The van der Waals surface area contributed by atoms with Crippen molar-refractivity contribution in [3.05, 3.63) is 188 Å². The molecule has 11 rings (SSSR count). The van der Waals surface area contributed by atoms with Gasteiger partial charge in [-0.05, 0) is 96.1 Å². The van der Waals surface area contributed by atoms with Crippen molar-refractivity contribution in [3.63, 3.8) is 0 Å². The van der Waals surface area contributed by atoms with Gasteiger partial charge >= 0.3 is 0 Å². The molecule has 0 spiro atoms. The summed E-state index contributed by atoms with van der Waals surface area (Å²) >= 11 is 1.80. The topological polar surface area (TPSA) is 34.2 Å². The van der Waals surface area contributed by atoms with Gasteiger partial charge in [-0.15, -0.1) is 11.3 Å². The highest BCUT2D eigenvalue weighted by atomic mass is 32.1. The second-order valence-corrected chi connectivity index (χ2v) is 14.7. The summed E-state index contributed by atoms with van der Waals surface area (Å²) in [6, 6.07) is 66.9. The van der Waals surface area contributed by atoms with Gasteiger partial charge in [-0.25, -0.2) is 4.98 Å². The highest BCUT2D eigenvalue weighted by molar-refractivity contribution is 7.26. The van der Waals surface area contributed by atoms with Crippen LogP contribution in [-0.2, 0) is 0 Å². The molecule has 0 unspecified atom stereocenters. The predicted molar refractivity (Wildman–Crippen MR) is 227 cm³/mol. The van der Waals surface area contributed by atoms with Crippen molar-refractivity contribution in [2.75, 3.05) is 4.90 Å². The lowest BCUT2D eigenvalue weighted by molar-refractivity contribution is 0.620. The Morgan fingerprint density at radius 2 is 1.15 bits per heavy atom. The first kappa shape index (κ1) is 30.7. The number of nitrogens with zero attached hydrogens (tertiary/aromatic N) is 3. The van der Waals surface area contributed by atoms with Crippen molar-refractivity contribution in [1.29, 1.82) is 0 Å². The number of fused-ring (bicyclic) bond motifs is 7. The van der Waals surface area contributed by atoms with E-state index in [-0.39, 0.29) is 0 Å². The maximum absolute atomic E-state index is 6.41. The van der Waals surface area contributed by atoms with Crippen LogP contribution in [0, 0.1) is 0 Å². The van der Waals surface area contributed by atoms with Crippen molar-refractivity contribution < 1.29 is 4.42 Å². The van der Waals surface area contributed by atoms with Gasteiger partial charge in [-0.2, -0.15) is 0 Å². The third kappa shape index (κ3) is 4.94. The number of aromatic nitrogens is 2. The number of hydrogen-bond acceptors (Lipinski definition) is 4. The highest BCUT2D eigenvalue weighted by Gasteiger charge is 2.22. The fraction of sp³-hybridized carbons (Fsp3) is 0. The normalized spacial score (nSPS) is 11.7. The summed E-state index contributed by atoms with van der Waals surface area (Å²) < 4.78 is 11.2. The second-order valence-electron chi connectivity index (χ2n) is 13.6. The summed E-state index contributed by atoms with van der Waals surface area (Å²) in [6.45, 7) is 0. The molecule has 0 aliphatic carbocycles. The molecule has 254 valence electrons. The first-order valence-corrected chi connectivity index (χ1v) is 18.9. The molecule has 0 saturated heterocycles. The fourth-order valence-corrected chi connectivity index (χ4v) is 9.08. The van der Waals surface area contributed by atoms with Crippen molar-refractivity contribution in [2.24, 2.45) is 0 Å². The molecule has 3 heterocycles. The molecule has 8 aromatic carbocycles. The fourth-order valence-electron chi connectivity index (χ4n) is 7.93. The molecular formula is C49H31N3OS. The van der Waals surface area contributed by atoms with Crippen LogP contribution in [0.25, 0.3) is 81.3 Å². The van der Waals surface area contributed by atoms with Crippen molar-refractivity contribution >= 4 is 81.5 Å². The average Bonchev–Trinajstić information content (AvgIpc) is 3.93. The summed E-state index contributed by atoms with van der Waals surface area (Å²) in [5.41, 5.74) is 11.8. The standard InChI is InChI=1S/C49H31N3OS/c1-4-13-32(14-5-1)33-23-25-36(26-24-33)51(37-27-28-43-39(29-37)38-19-10-11-20-42(38)52(43)35-17-8-3-9-18-35)44-21-12-22-46-48(44)40-30-45-41(31-47(40)54-46)50-49(53-45)34-15-6-2-7-16-34/h1-31H. The number of thiophene rings is 1. The minimum absolute atomic E-state index is 0.635. The maximum atomic E-state index is 6.41. The Kier molecular flexibility index (Phi) is 7.00. The Hall–Kier alpha value is -6.95. The number of oxazole rings is 1. The smallest absolute Gasteiger partial charge is 0.227 e. The maximum Gasteiger partial charge on any atom is 0.227 e. The van der Waals surface area contributed by atoms with Gasteiger partial charge in [0.25, 0.3) is 0 Å². The lowest BCUT2D eigenvalue weighted by Crippen LogP contribution is -2.10. The zero-order valence-corrected chi connectivity index (χ0v) is 29.9. The average molecular weight is 710 g/mol. The third-order valence-electron chi connectivity index (χ3n) is 10.4. The van der Waals surface area contributed by atoms with E-state index in [0.717, 1.165) is 44.8 Å². The third-order valence-corrected chi connectivity index (χ3v) is 11.5. The molecule has 0 aliphatic rings. The van der Waals surface area contributed by atoms with Crippen LogP contribution in [0.3, 0.4) is 0 Å². The van der Waals surface area contributed by atoms with Gasteiger partial charge in [0.05, 0.1) is 16.7 Å². The van der Waals surface area contributed by atoms with Gasteiger partial charge in [0.2, 0.25) is 5.89 Å². The van der Waals surface area contributed by atoms with Crippen LogP contribution in [0.4, 0.5) is 17.1 Å². The molecule has 0 N–H and O–H groups in total. The van der Waals surface area contributed by atoms with Crippen molar-refractivity contribution in [1.82, 2.24) is 9.55 Å². The zero-order chi connectivity index (χ0) is 35.6. The second kappa shape index (κ2) is 12.3. The number of para-hydroxylation sites is 2. The van der Waals surface area contributed by atoms with Crippen LogP contribution in [-0.4, -0.2) is 9.55 Å². The quantitative estimate of drug-likeness (QED) is 0.172. The van der Waals surface area contributed by atoms with Gasteiger partial charge in [0.1, 0.15) is 5.52 Å². The Balaban J connectivity index is 1.14. The van der Waals surface area contributed by atoms with E-state index in [0.29, 0.717) is 5.89 Å². The Labute approximate surface area is 315 Å². The minimum atomic E-state index is 0.635. The van der Waals surface area contributed by atoms with Crippen molar-refractivity contribution in [2.45, 2.75) is 0 Å². The molecule has 0 amide bonds. The lowest BCUT2D eigenvalue weighted by Gasteiger charge is -2.27. The van der Waals surface area contributed by atoms with Crippen LogP contribution < -0.4 is 4.90 Å². The molecule has 54 heavy (non-hydrogen) atoms. The number of hydrogen-bond donors (Lipinski definition) is 0. The van der Waals surface area contributed by atoms with Gasteiger partial charge in [0, 0.05) is 53.6 Å². The molecule has 0 aliphatic heterocycles. The van der Waals surface area contributed by atoms with E-state index in [2.05, 4.69) is 167 Å². The minimum Gasteiger partial charge on any atom is -0.436 e. The van der Waals surface area contributed by atoms with E-state index < -0.39 is 0 Å². The van der Waals surface area contributed by atoms with E-state index in [1.807, 2.05) is 30.3 Å². The van der Waals surface area contributed by atoms with E-state index in [1.54, 1.807) is 11.3 Å². The van der Waals surface area contributed by atoms with Crippen LogP contribution in [0.1, 0.15) is 0 Å². The molecule has 0 fully saturated rings. The molecule has 0 bridgehead atoms. The van der Waals surface area contributed by atoms with E-state index in [9.17, 15) is 0 Å². The number of benzene rings is 8. The SMILES string of the molecule is c1ccc(-c2ccc(N(c3ccc4c(c3)c3ccccc3n4-c3ccccc3)c3cccc4sc5cc6nc(-c7ccccc7)oc6cc5c34)cc2)cc1.